The van der Waals surface area contributed by atoms with Crippen molar-refractivity contribution in [3.8, 4) is 5.75 Å². The lowest BCUT2D eigenvalue weighted by Crippen LogP contribution is -2.34. The van der Waals surface area contributed by atoms with Gasteiger partial charge in [0.15, 0.2) is 11.5 Å². The maximum atomic E-state index is 13.3. The monoisotopic (exact) mass is 471 g/mol. The molecule has 1 atom stereocenters. The molecule has 35 heavy (non-hydrogen) atoms. The van der Waals surface area contributed by atoms with Crippen molar-refractivity contribution in [2.75, 3.05) is 20.3 Å². The van der Waals surface area contributed by atoms with Crippen LogP contribution in [0.15, 0.2) is 96.3 Å². The summed E-state index contributed by atoms with van der Waals surface area (Å²) in [6.45, 7) is 0.922. The quantitative estimate of drug-likeness (QED) is 0.434. The fraction of sp³-hybridized carbons (Fsp3) is 0.241. The Balaban J connectivity index is 1.59. The van der Waals surface area contributed by atoms with Crippen molar-refractivity contribution in [2.45, 2.75) is 25.5 Å². The van der Waals surface area contributed by atoms with Gasteiger partial charge in [0.1, 0.15) is 12.4 Å². The number of benzene rings is 3. The van der Waals surface area contributed by atoms with Gasteiger partial charge < -0.3 is 19.5 Å². The zero-order valence-corrected chi connectivity index (χ0v) is 19.7. The predicted octanol–water partition coefficient (Wildman–Crippen LogP) is 4.81. The van der Waals surface area contributed by atoms with E-state index >= 15 is 0 Å². The van der Waals surface area contributed by atoms with E-state index in [0.717, 1.165) is 11.1 Å². The lowest BCUT2D eigenvalue weighted by atomic mass is 9.93. The van der Waals surface area contributed by atoms with Gasteiger partial charge in [-0.25, -0.2) is 0 Å². The third-order valence-electron chi connectivity index (χ3n) is 6.05. The lowest BCUT2D eigenvalue weighted by Gasteiger charge is -2.27. The summed E-state index contributed by atoms with van der Waals surface area (Å²) in [5, 5.41) is 10.7. The number of ketones is 1. The Labute approximate surface area is 205 Å². The van der Waals surface area contributed by atoms with Crippen molar-refractivity contribution >= 4 is 11.7 Å². The van der Waals surface area contributed by atoms with Gasteiger partial charge in [0.25, 0.3) is 5.91 Å². The van der Waals surface area contributed by atoms with E-state index in [-0.39, 0.29) is 30.9 Å². The molecule has 1 amide bonds. The first-order valence-electron chi connectivity index (χ1n) is 11.7. The van der Waals surface area contributed by atoms with E-state index in [0.29, 0.717) is 24.3 Å². The second-order valence-corrected chi connectivity index (χ2v) is 8.41. The van der Waals surface area contributed by atoms with E-state index in [9.17, 15) is 14.7 Å². The number of hydrogen-bond donors (Lipinski definition) is 1. The number of carbonyl (C=O) groups is 2. The standard InChI is InChI=1S/C29H29NO5/c1-34-18-17-30-27(23-13-8-14-24(19-23)35-20-22-11-6-3-7-12-22)26(28(32)29(30)33)25(31)16-15-21-9-4-2-5-10-21/h2-14,19,27,32H,15-18,20H2,1H3. The molecule has 3 aromatic rings. The Kier molecular flexibility index (Phi) is 7.95. The van der Waals surface area contributed by atoms with Crippen LogP contribution in [0.25, 0.3) is 0 Å². The van der Waals surface area contributed by atoms with Gasteiger partial charge in [-0.05, 0) is 35.2 Å². The zero-order chi connectivity index (χ0) is 24.6. The maximum absolute atomic E-state index is 13.3. The SMILES string of the molecule is COCCN1C(=O)C(O)=C(C(=O)CCc2ccccc2)C1c1cccc(OCc2ccccc2)c1. The van der Waals surface area contributed by atoms with E-state index < -0.39 is 17.7 Å². The molecule has 4 rings (SSSR count). The summed E-state index contributed by atoms with van der Waals surface area (Å²) in [6.07, 6.45) is 0.713. The highest BCUT2D eigenvalue weighted by Gasteiger charge is 2.43. The summed E-state index contributed by atoms with van der Waals surface area (Å²) in [7, 11) is 1.55. The van der Waals surface area contributed by atoms with Crippen LogP contribution in [0.2, 0.25) is 0 Å². The summed E-state index contributed by atoms with van der Waals surface area (Å²) < 4.78 is 11.2. The van der Waals surface area contributed by atoms with Crippen molar-refractivity contribution in [3.05, 3.63) is 113 Å². The third-order valence-corrected chi connectivity index (χ3v) is 6.05. The Bertz CT molecular complexity index is 1190. The Morgan fingerprint density at radius 3 is 2.31 bits per heavy atom. The number of rotatable bonds is 11. The van der Waals surface area contributed by atoms with E-state index in [1.807, 2.05) is 84.9 Å². The molecule has 0 saturated carbocycles. The average molecular weight is 472 g/mol. The van der Waals surface area contributed by atoms with Crippen LogP contribution in [0.1, 0.15) is 29.2 Å². The zero-order valence-electron chi connectivity index (χ0n) is 19.7. The second-order valence-electron chi connectivity index (χ2n) is 8.41. The molecule has 6 heteroatoms. The van der Waals surface area contributed by atoms with Crippen LogP contribution < -0.4 is 4.74 Å². The number of hydrogen-bond acceptors (Lipinski definition) is 5. The highest BCUT2D eigenvalue weighted by atomic mass is 16.5. The molecule has 0 radical (unpaired) electrons. The van der Waals surface area contributed by atoms with Gasteiger partial charge in [-0.2, -0.15) is 0 Å². The summed E-state index contributed by atoms with van der Waals surface area (Å²) in [5.41, 5.74) is 2.88. The molecule has 1 aliphatic heterocycles. The predicted molar refractivity (Wildman–Crippen MR) is 133 cm³/mol. The Hall–Kier alpha value is -3.90. The van der Waals surface area contributed by atoms with Crippen molar-refractivity contribution in [1.29, 1.82) is 0 Å². The van der Waals surface area contributed by atoms with Gasteiger partial charge in [0.05, 0.1) is 18.2 Å². The van der Waals surface area contributed by atoms with Gasteiger partial charge in [0.2, 0.25) is 0 Å². The topological polar surface area (TPSA) is 76.1 Å². The average Bonchev–Trinajstić information content (AvgIpc) is 3.15. The normalized spacial score (nSPS) is 15.5. The van der Waals surface area contributed by atoms with Crippen LogP contribution in [0.5, 0.6) is 5.75 Å². The minimum atomic E-state index is -0.707. The van der Waals surface area contributed by atoms with Crippen LogP contribution in [-0.4, -0.2) is 42.0 Å². The van der Waals surface area contributed by atoms with Crippen LogP contribution in [-0.2, 0) is 27.4 Å². The number of aryl methyl sites for hydroxylation is 1. The molecule has 3 aromatic carbocycles. The van der Waals surface area contributed by atoms with Crippen LogP contribution >= 0.6 is 0 Å². The van der Waals surface area contributed by atoms with Gasteiger partial charge in [-0.3, -0.25) is 9.59 Å². The first-order chi connectivity index (χ1) is 17.1. The first kappa shape index (κ1) is 24.2. The molecule has 0 saturated heterocycles. The smallest absolute Gasteiger partial charge is 0.290 e. The number of carbonyl (C=O) groups excluding carboxylic acids is 2. The van der Waals surface area contributed by atoms with Crippen LogP contribution in [0.3, 0.4) is 0 Å². The van der Waals surface area contributed by atoms with Crippen LogP contribution in [0.4, 0.5) is 0 Å². The van der Waals surface area contributed by atoms with Gasteiger partial charge in [0, 0.05) is 20.1 Å². The van der Waals surface area contributed by atoms with E-state index in [1.54, 1.807) is 7.11 Å². The first-order valence-corrected chi connectivity index (χ1v) is 11.7. The van der Waals surface area contributed by atoms with Gasteiger partial charge in [-0.15, -0.1) is 0 Å². The Morgan fingerprint density at radius 2 is 1.63 bits per heavy atom. The van der Waals surface area contributed by atoms with Crippen molar-refractivity contribution < 1.29 is 24.2 Å². The molecule has 180 valence electrons. The Morgan fingerprint density at radius 1 is 0.943 bits per heavy atom. The van der Waals surface area contributed by atoms with E-state index in [1.165, 1.54) is 4.90 Å². The molecular weight excluding hydrogens is 442 g/mol. The van der Waals surface area contributed by atoms with Crippen molar-refractivity contribution in [3.63, 3.8) is 0 Å². The molecule has 1 N–H and O–H groups in total. The summed E-state index contributed by atoms with van der Waals surface area (Å²) in [4.78, 5) is 27.8. The number of methoxy groups -OCH3 is 1. The number of amides is 1. The molecule has 0 aliphatic carbocycles. The van der Waals surface area contributed by atoms with Crippen LogP contribution in [0, 0.1) is 0 Å². The van der Waals surface area contributed by atoms with Crippen molar-refractivity contribution in [2.24, 2.45) is 0 Å². The van der Waals surface area contributed by atoms with E-state index in [4.69, 9.17) is 9.47 Å². The minimum absolute atomic E-state index is 0.127. The summed E-state index contributed by atoms with van der Waals surface area (Å²) in [5.74, 6) is -0.682. The highest BCUT2D eigenvalue weighted by Crippen LogP contribution is 2.39. The summed E-state index contributed by atoms with van der Waals surface area (Å²) >= 11 is 0. The fourth-order valence-corrected chi connectivity index (χ4v) is 4.26. The van der Waals surface area contributed by atoms with Gasteiger partial charge in [-0.1, -0.05) is 72.8 Å². The van der Waals surface area contributed by atoms with Crippen molar-refractivity contribution in [1.82, 2.24) is 4.90 Å². The molecule has 1 heterocycles. The molecule has 1 aliphatic rings. The molecule has 1 unspecified atom stereocenters. The number of nitrogens with zero attached hydrogens (tertiary/aromatic N) is 1. The molecule has 0 fully saturated rings. The number of aliphatic hydroxyl groups excluding tert-OH is 1. The molecule has 0 aromatic heterocycles. The molecule has 0 bridgehead atoms. The van der Waals surface area contributed by atoms with Gasteiger partial charge >= 0.3 is 0 Å². The largest absolute Gasteiger partial charge is 0.503 e. The molecular formula is C29H29NO5. The fourth-order valence-electron chi connectivity index (χ4n) is 4.26. The highest BCUT2D eigenvalue weighted by molar-refractivity contribution is 6.09. The second kappa shape index (κ2) is 11.5. The number of aliphatic hydroxyl groups is 1. The number of Topliss-reactive ketones (excluding diaryl/α,β-unsaturated/α-hetero) is 1. The minimum Gasteiger partial charge on any atom is -0.503 e. The molecule has 6 nitrogen and oxygen atoms in total. The van der Waals surface area contributed by atoms with E-state index in [2.05, 4.69) is 0 Å². The molecule has 0 spiro atoms. The number of ether oxygens (including phenoxy) is 2. The maximum Gasteiger partial charge on any atom is 0.290 e. The third kappa shape index (κ3) is 5.78. The summed E-state index contributed by atoms with van der Waals surface area (Å²) in [6, 6.07) is 26.1. The lowest BCUT2D eigenvalue weighted by molar-refractivity contribution is -0.130.